The van der Waals surface area contributed by atoms with Crippen molar-refractivity contribution in [2.75, 3.05) is 44.8 Å². The monoisotopic (exact) mass is 670 g/mol. The Labute approximate surface area is 283 Å². The van der Waals surface area contributed by atoms with Crippen molar-refractivity contribution < 1.29 is 13.9 Å². The Morgan fingerprint density at radius 1 is 1.04 bits per heavy atom. The molecular formula is C35H51FN6O2S2. The molecule has 3 aromatic heterocycles. The maximum absolute atomic E-state index is 14.4. The SMILES string of the molecule is CC.CC.CCCN(CCC)Cc1ccc(-c2cc3nccc(Oc4ccc(NC=O)cc4F)c3s2)nc1.CNC1CN(SC)C1. The molecule has 5 rings (SSSR count). The number of halogens is 1. The van der Waals surface area contributed by atoms with E-state index in [-0.39, 0.29) is 5.75 Å². The number of anilines is 1. The predicted octanol–water partition coefficient (Wildman–Crippen LogP) is 8.70. The molecule has 0 bridgehead atoms. The van der Waals surface area contributed by atoms with Crippen LogP contribution in [0.4, 0.5) is 10.1 Å². The van der Waals surface area contributed by atoms with Crippen LogP contribution < -0.4 is 15.4 Å². The highest BCUT2D eigenvalue weighted by Gasteiger charge is 2.23. The van der Waals surface area contributed by atoms with E-state index in [1.165, 1.54) is 42.1 Å². The maximum atomic E-state index is 14.4. The Bertz CT molecular complexity index is 1420. The normalized spacial score (nSPS) is 12.6. The molecule has 0 unspecified atom stereocenters. The van der Waals surface area contributed by atoms with Gasteiger partial charge < -0.3 is 15.4 Å². The van der Waals surface area contributed by atoms with Gasteiger partial charge in [-0.2, -0.15) is 0 Å². The van der Waals surface area contributed by atoms with Crippen molar-refractivity contribution in [2.45, 2.75) is 67.0 Å². The molecule has 0 aliphatic carbocycles. The van der Waals surface area contributed by atoms with Gasteiger partial charge in [0.05, 0.1) is 20.8 Å². The molecule has 1 fully saturated rings. The Balaban J connectivity index is 0.000000523. The molecule has 1 aliphatic heterocycles. The molecule has 252 valence electrons. The number of carbonyl (C=O) groups is 1. The first-order valence-corrected chi connectivity index (χ1v) is 18.2. The number of fused-ring (bicyclic) bond motifs is 1. The summed E-state index contributed by atoms with van der Waals surface area (Å²) in [6, 6.07) is 12.9. The van der Waals surface area contributed by atoms with Crippen LogP contribution in [0.1, 0.15) is 59.9 Å². The summed E-state index contributed by atoms with van der Waals surface area (Å²) in [4.78, 5) is 23.1. The third-order valence-corrected chi connectivity index (χ3v) is 8.81. The number of carbonyl (C=O) groups excluding carboxylic acids is 1. The summed E-state index contributed by atoms with van der Waals surface area (Å²) in [7, 11) is 2.02. The van der Waals surface area contributed by atoms with E-state index >= 15 is 0 Å². The first kappa shape index (κ1) is 39.1. The number of benzene rings is 1. The number of pyridine rings is 2. The largest absolute Gasteiger partial charge is 0.453 e. The average Bonchev–Trinajstić information content (AvgIpc) is 3.51. The number of nitrogens with one attached hydrogen (secondary N) is 2. The third-order valence-electron chi connectivity index (χ3n) is 6.83. The van der Waals surface area contributed by atoms with Crippen LogP contribution in [0.3, 0.4) is 0 Å². The van der Waals surface area contributed by atoms with Crippen molar-refractivity contribution in [3.05, 3.63) is 66.2 Å². The second-order valence-electron chi connectivity index (χ2n) is 9.99. The summed E-state index contributed by atoms with van der Waals surface area (Å²) in [5, 5.41) is 5.63. The second kappa shape index (κ2) is 21.7. The predicted molar refractivity (Wildman–Crippen MR) is 196 cm³/mol. The molecule has 1 amide bonds. The zero-order chi connectivity index (χ0) is 33.9. The molecular weight excluding hydrogens is 620 g/mol. The van der Waals surface area contributed by atoms with Crippen LogP contribution in [-0.4, -0.2) is 71.1 Å². The van der Waals surface area contributed by atoms with Gasteiger partial charge in [0.15, 0.2) is 11.6 Å². The van der Waals surface area contributed by atoms with Crippen LogP contribution in [0.5, 0.6) is 11.5 Å². The summed E-state index contributed by atoms with van der Waals surface area (Å²) in [6.07, 6.45) is 8.46. The van der Waals surface area contributed by atoms with Crippen molar-refractivity contribution >= 4 is 45.6 Å². The molecule has 46 heavy (non-hydrogen) atoms. The number of rotatable bonds is 13. The van der Waals surface area contributed by atoms with Crippen LogP contribution in [0.15, 0.2) is 54.9 Å². The van der Waals surface area contributed by atoms with Gasteiger partial charge in [0, 0.05) is 55.9 Å². The minimum Gasteiger partial charge on any atom is -0.453 e. The van der Waals surface area contributed by atoms with Gasteiger partial charge >= 0.3 is 0 Å². The lowest BCUT2D eigenvalue weighted by Gasteiger charge is -2.36. The fourth-order valence-corrected chi connectivity index (χ4v) is 6.28. The van der Waals surface area contributed by atoms with Gasteiger partial charge in [0.2, 0.25) is 6.41 Å². The molecule has 4 heterocycles. The smallest absolute Gasteiger partial charge is 0.211 e. The Hall–Kier alpha value is -3.09. The molecule has 1 saturated heterocycles. The lowest BCUT2D eigenvalue weighted by molar-refractivity contribution is -0.105. The van der Waals surface area contributed by atoms with Crippen molar-refractivity contribution in [3.8, 4) is 22.1 Å². The highest BCUT2D eigenvalue weighted by Crippen LogP contribution is 2.39. The molecule has 8 nitrogen and oxygen atoms in total. The first-order valence-electron chi connectivity index (χ1n) is 16.2. The molecule has 1 aromatic carbocycles. The van der Waals surface area contributed by atoms with Crippen LogP contribution in [-0.2, 0) is 11.3 Å². The van der Waals surface area contributed by atoms with Crippen molar-refractivity contribution in [2.24, 2.45) is 0 Å². The number of likely N-dealkylation sites (N-methyl/N-ethyl adjacent to an activating group) is 1. The fourth-order valence-electron chi connectivity index (χ4n) is 4.58. The topological polar surface area (TPSA) is 82.6 Å². The van der Waals surface area contributed by atoms with E-state index in [0.29, 0.717) is 17.8 Å². The number of nitrogens with zero attached hydrogens (tertiary/aromatic N) is 4. The van der Waals surface area contributed by atoms with Crippen molar-refractivity contribution in [1.82, 2.24) is 24.5 Å². The van der Waals surface area contributed by atoms with E-state index in [0.717, 1.165) is 59.3 Å². The van der Waals surface area contributed by atoms with Crippen LogP contribution in [0.25, 0.3) is 20.8 Å². The minimum absolute atomic E-state index is 0.0742. The summed E-state index contributed by atoms with van der Waals surface area (Å²) in [6.45, 7) is 17.9. The molecule has 0 atom stereocenters. The lowest BCUT2D eigenvalue weighted by atomic mass is 10.2. The van der Waals surface area contributed by atoms with Gasteiger partial charge in [-0.1, -0.05) is 59.6 Å². The summed E-state index contributed by atoms with van der Waals surface area (Å²) in [5.74, 6) is 0.0266. The number of ether oxygens (including phenoxy) is 1. The highest BCUT2D eigenvalue weighted by atomic mass is 32.2. The van der Waals surface area contributed by atoms with E-state index in [9.17, 15) is 9.18 Å². The molecule has 2 N–H and O–H groups in total. The zero-order valence-corrected chi connectivity index (χ0v) is 30.2. The van der Waals surface area contributed by atoms with Crippen molar-refractivity contribution in [1.29, 1.82) is 0 Å². The molecule has 4 aromatic rings. The van der Waals surface area contributed by atoms with Crippen LogP contribution in [0, 0.1) is 5.82 Å². The lowest BCUT2D eigenvalue weighted by Crippen LogP contribution is -2.53. The average molecular weight is 671 g/mol. The molecule has 1 aliphatic rings. The Morgan fingerprint density at radius 3 is 2.33 bits per heavy atom. The summed E-state index contributed by atoms with van der Waals surface area (Å²) in [5.41, 5.74) is 3.18. The molecule has 0 saturated carbocycles. The van der Waals surface area contributed by atoms with Gasteiger partial charge in [-0.25, -0.2) is 8.70 Å². The van der Waals surface area contributed by atoms with Gasteiger partial charge in [-0.15, -0.1) is 11.3 Å². The fraction of sp³-hybridized carbons (Fsp3) is 0.457. The Morgan fingerprint density at radius 2 is 1.76 bits per heavy atom. The van der Waals surface area contributed by atoms with E-state index in [1.54, 1.807) is 18.3 Å². The summed E-state index contributed by atoms with van der Waals surface area (Å²) < 4.78 is 23.5. The second-order valence-corrected chi connectivity index (χ2v) is 11.9. The van der Waals surface area contributed by atoms with E-state index in [2.05, 4.69) is 51.0 Å². The molecule has 0 spiro atoms. The quantitative estimate of drug-likeness (QED) is 0.108. The third kappa shape index (κ3) is 11.6. The Kier molecular flexibility index (Phi) is 18.4. The minimum atomic E-state index is -0.564. The van der Waals surface area contributed by atoms with Crippen molar-refractivity contribution in [3.63, 3.8) is 0 Å². The molecule has 11 heteroatoms. The number of amides is 1. The number of hydrogen-bond acceptors (Lipinski definition) is 9. The number of aromatic nitrogens is 2. The van der Waals surface area contributed by atoms with Crippen LogP contribution in [0.2, 0.25) is 0 Å². The first-order chi connectivity index (χ1) is 22.5. The van der Waals surface area contributed by atoms with E-state index in [4.69, 9.17) is 9.72 Å². The highest BCUT2D eigenvalue weighted by molar-refractivity contribution is 7.96. The van der Waals surface area contributed by atoms with Gasteiger partial charge in [-0.3, -0.25) is 19.7 Å². The zero-order valence-electron chi connectivity index (χ0n) is 28.6. The standard InChI is InChI=1S/C26H27FN4O2S.C5H12N2S.2C2H6/c1-3-11-31(12-4-2)16-18-5-7-21(29-15-18)25-14-22-26(34-25)24(9-10-28-22)33-23-8-6-19(30-17-32)13-20(23)27;1-6-5-3-7(4-5)8-2;2*1-2/h5-10,13-15,17H,3-4,11-12,16H2,1-2H3,(H,30,32);5-6H,3-4H2,1-2H3;2*1-2H3. The summed E-state index contributed by atoms with van der Waals surface area (Å²) >= 11 is 3.33. The van der Waals surface area contributed by atoms with E-state index < -0.39 is 5.82 Å². The van der Waals surface area contributed by atoms with Gasteiger partial charge in [-0.05, 0) is 69.1 Å². The number of hydrogen-bond donors (Lipinski definition) is 2. The number of thiophene rings is 1. The molecule has 0 radical (unpaired) electrons. The van der Waals surface area contributed by atoms with Crippen LogP contribution >= 0.6 is 23.3 Å². The maximum Gasteiger partial charge on any atom is 0.211 e. The van der Waals surface area contributed by atoms with E-state index in [1.807, 2.05) is 65.0 Å². The van der Waals surface area contributed by atoms with Gasteiger partial charge in [0.1, 0.15) is 5.75 Å². The van der Waals surface area contributed by atoms with Gasteiger partial charge in [0.25, 0.3) is 0 Å².